The number of nitrogen functional groups attached to an aromatic ring is 1. The van der Waals surface area contributed by atoms with Crippen LogP contribution in [0, 0.1) is 6.92 Å². The van der Waals surface area contributed by atoms with Crippen molar-refractivity contribution in [3.8, 4) is 17.1 Å². The van der Waals surface area contributed by atoms with Crippen molar-refractivity contribution < 1.29 is 9.26 Å². The van der Waals surface area contributed by atoms with Crippen LogP contribution in [0.25, 0.3) is 11.4 Å². The average Bonchev–Trinajstić information content (AvgIpc) is 2.96. The van der Waals surface area contributed by atoms with Crippen molar-refractivity contribution in [1.82, 2.24) is 10.1 Å². The highest BCUT2D eigenvalue weighted by molar-refractivity contribution is 5.54. The second kappa shape index (κ2) is 5.66. The third-order valence-electron chi connectivity index (χ3n) is 3.02. The van der Waals surface area contributed by atoms with Gasteiger partial charge in [-0.2, -0.15) is 4.98 Å². The maximum absolute atomic E-state index is 5.62. The first-order valence-electron chi connectivity index (χ1n) is 6.59. The summed E-state index contributed by atoms with van der Waals surface area (Å²) in [6, 6.07) is 15.1. The van der Waals surface area contributed by atoms with Gasteiger partial charge in [-0.15, -0.1) is 0 Å². The molecule has 0 bridgehead atoms. The molecular formula is C16H15N3O2. The first kappa shape index (κ1) is 13.2. The van der Waals surface area contributed by atoms with Crippen molar-refractivity contribution >= 4 is 5.69 Å². The molecule has 2 N–H and O–H groups in total. The number of hydrogen-bond donors (Lipinski definition) is 1. The Morgan fingerprint density at radius 2 is 1.76 bits per heavy atom. The summed E-state index contributed by atoms with van der Waals surface area (Å²) in [6.07, 6.45) is 0. The number of aromatic nitrogens is 2. The van der Waals surface area contributed by atoms with E-state index in [0.29, 0.717) is 23.2 Å². The molecule has 0 radical (unpaired) electrons. The van der Waals surface area contributed by atoms with Gasteiger partial charge in [0, 0.05) is 11.3 Å². The van der Waals surface area contributed by atoms with Gasteiger partial charge in [-0.3, -0.25) is 0 Å². The van der Waals surface area contributed by atoms with Crippen molar-refractivity contribution in [2.24, 2.45) is 0 Å². The molecule has 0 unspecified atom stereocenters. The Morgan fingerprint density at radius 3 is 2.48 bits per heavy atom. The van der Waals surface area contributed by atoms with E-state index in [1.54, 1.807) is 24.3 Å². The quantitative estimate of drug-likeness (QED) is 0.743. The normalized spacial score (nSPS) is 10.5. The molecule has 5 nitrogen and oxygen atoms in total. The SMILES string of the molecule is Cc1ccc(-c2noc(COc3ccc(N)cc3)n2)cc1. The van der Waals surface area contributed by atoms with Gasteiger partial charge in [-0.05, 0) is 31.2 Å². The summed E-state index contributed by atoms with van der Waals surface area (Å²) < 4.78 is 10.7. The third kappa shape index (κ3) is 3.20. The molecule has 0 spiro atoms. The van der Waals surface area contributed by atoms with Gasteiger partial charge in [0.2, 0.25) is 5.82 Å². The summed E-state index contributed by atoms with van der Waals surface area (Å²) in [5, 5.41) is 3.96. The smallest absolute Gasteiger partial charge is 0.264 e. The first-order chi connectivity index (χ1) is 10.2. The maximum Gasteiger partial charge on any atom is 0.264 e. The average molecular weight is 281 g/mol. The molecule has 3 rings (SSSR count). The molecule has 0 amide bonds. The lowest BCUT2D eigenvalue weighted by Gasteiger charge is -2.02. The summed E-state index contributed by atoms with van der Waals surface area (Å²) >= 11 is 0. The van der Waals surface area contributed by atoms with E-state index in [4.69, 9.17) is 15.0 Å². The second-order valence-corrected chi connectivity index (χ2v) is 4.74. The number of benzene rings is 2. The fourth-order valence-electron chi connectivity index (χ4n) is 1.84. The minimum atomic E-state index is 0.225. The van der Waals surface area contributed by atoms with Crippen LogP contribution in [-0.2, 0) is 6.61 Å². The number of anilines is 1. The Balaban J connectivity index is 1.67. The molecule has 0 fully saturated rings. The number of aryl methyl sites for hydroxylation is 1. The fraction of sp³-hybridized carbons (Fsp3) is 0.125. The Bertz CT molecular complexity index is 718. The topological polar surface area (TPSA) is 74.2 Å². The van der Waals surface area contributed by atoms with Gasteiger partial charge in [0.25, 0.3) is 5.89 Å². The molecule has 0 saturated carbocycles. The van der Waals surface area contributed by atoms with Gasteiger partial charge in [0.05, 0.1) is 0 Å². The number of ether oxygens (including phenoxy) is 1. The van der Waals surface area contributed by atoms with E-state index in [-0.39, 0.29) is 6.61 Å². The van der Waals surface area contributed by atoms with Crippen molar-refractivity contribution in [3.63, 3.8) is 0 Å². The van der Waals surface area contributed by atoms with Crippen LogP contribution in [0.15, 0.2) is 53.1 Å². The largest absolute Gasteiger partial charge is 0.484 e. The zero-order valence-corrected chi connectivity index (χ0v) is 11.6. The standard InChI is InChI=1S/C16H15N3O2/c1-11-2-4-12(5-3-11)16-18-15(21-19-16)10-20-14-8-6-13(17)7-9-14/h2-9H,10,17H2,1H3. The molecule has 0 atom stereocenters. The van der Waals surface area contributed by atoms with Crippen molar-refractivity contribution in [2.45, 2.75) is 13.5 Å². The zero-order chi connectivity index (χ0) is 14.7. The van der Waals surface area contributed by atoms with Crippen molar-refractivity contribution in [1.29, 1.82) is 0 Å². The number of nitrogens with two attached hydrogens (primary N) is 1. The minimum Gasteiger partial charge on any atom is -0.484 e. The molecule has 21 heavy (non-hydrogen) atoms. The van der Waals surface area contributed by atoms with E-state index < -0.39 is 0 Å². The predicted molar refractivity (Wildman–Crippen MR) is 79.7 cm³/mol. The molecule has 5 heteroatoms. The van der Waals surface area contributed by atoms with Crippen LogP contribution in [0.4, 0.5) is 5.69 Å². The Morgan fingerprint density at radius 1 is 1.05 bits per heavy atom. The summed E-state index contributed by atoms with van der Waals surface area (Å²) in [5.74, 6) is 1.70. The van der Waals surface area contributed by atoms with Crippen LogP contribution in [0.2, 0.25) is 0 Å². The lowest BCUT2D eigenvalue weighted by Crippen LogP contribution is -1.96. The summed E-state index contributed by atoms with van der Waals surface area (Å²) in [7, 11) is 0. The summed E-state index contributed by atoms with van der Waals surface area (Å²) in [5.41, 5.74) is 8.42. The molecule has 2 aromatic carbocycles. The summed E-state index contributed by atoms with van der Waals surface area (Å²) in [6.45, 7) is 2.26. The third-order valence-corrected chi connectivity index (χ3v) is 3.02. The minimum absolute atomic E-state index is 0.225. The number of nitrogens with zero attached hydrogens (tertiary/aromatic N) is 2. The van der Waals surface area contributed by atoms with Crippen LogP contribution in [-0.4, -0.2) is 10.1 Å². The Kier molecular flexibility index (Phi) is 3.55. The lowest BCUT2D eigenvalue weighted by molar-refractivity contribution is 0.243. The van der Waals surface area contributed by atoms with Crippen molar-refractivity contribution in [3.05, 3.63) is 60.0 Å². The van der Waals surface area contributed by atoms with E-state index >= 15 is 0 Å². The summed E-state index contributed by atoms with van der Waals surface area (Å²) in [4.78, 5) is 4.32. The van der Waals surface area contributed by atoms with E-state index in [0.717, 1.165) is 5.56 Å². The highest BCUT2D eigenvalue weighted by Gasteiger charge is 2.09. The molecule has 1 aromatic heterocycles. The molecule has 106 valence electrons. The molecule has 3 aromatic rings. The molecule has 1 heterocycles. The number of hydrogen-bond acceptors (Lipinski definition) is 5. The van der Waals surface area contributed by atoms with Gasteiger partial charge in [0.1, 0.15) is 5.75 Å². The van der Waals surface area contributed by atoms with Crippen LogP contribution in [0.3, 0.4) is 0 Å². The predicted octanol–water partition coefficient (Wildman–Crippen LogP) is 3.21. The van der Waals surface area contributed by atoms with Crippen LogP contribution < -0.4 is 10.5 Å². The van der Waals surface area contributed by atoms with Gasteiger partial charge >= 0.3 is 0 Å². The van der Waals surface area contributed by atoms with Crippen LogP contribution in [0.5, 0.6) is 5.75 Å². The molecule has 0 aliphatic rings. The van der Waals surface area contributed by atoms with E-state index in [1.807, 2.05) is 31.2 Å². The van der Waals surface area contributed by atoms with Crippen LogP contribution in [0.1, 0.15) is 11.5 Å². The molecule has 0 aliphatic carbocycles. The van der Waals surface area contributed by atoms with Crippen molar-refractivity contribution in [2.75, 3.05) is 5.73 Å². The zero-order valence-electron chi connectivity index (χ0n) is 11.6. The highest BCUT2D eigenvalue weighted by atomic mass is 16.5. The second-order valence-electron chi connectivity index (χ2n) is 4.74. The molecule has 0 aliphatic heterocycles. The first-order valence-corrected chi connectivity index (χ1v) is 6.59. The van der Waals surface area contributed by atoms with E-state index in [9.17, 15) is 0 Å². The van der Waals surface area contributed by atoms with E-state index in [2.05, 4.69) is 10.1 Å². The highest BCUT2D eigenvalue weighted by Crippen LogP contribution is 2.18. The molecule has 0 saturated heterocycles. The molecular weight excluding hydrogens is 266 g/mol. The fourth-order valence-corrected chi connectivity index (χ4v) is 1.84. The Labute approximate surface area is 122 Å². The lowest BCUT2D eigenvalue weighted by atomic mass is 10.1. The van der Waals surface area contributed by atoms with Crippen LogP contribution >= 0.6 is 0 Å². The maximum atomic E-state index is 5.62. The Hall–Kier alpha value is -2.82. The van der Waals surface area contributed by atoms with E-state index in [1.165, 1.54) is 5.56 Å². The van der Waals surface area contributed by atoms with Gasteiger partial charge in [-0.25, -0.2) is 0 Å². The van der Waals surface area contributed by atoms with Gasteiger partial charge < -0.3 is 15.0 Å². The number of rotatable bonds is 4. The monoisotopic (exact) mass is 281 g/mol. The van der Waals surface area contributed by atoms with Gasteiger partial charge in [0.15, 0.2) is 6.61 Å². The van der Waals surface area contributed by atoms with Gasteiger partial charge in [-0.1, -0.05) is 35.0 Å².